The molecule has 6 heteroatoms. The summed E-state index contributed by atoms with van der Waals surface area (Å²) in [6.07, 6.45) is 1.93. The van der Waals surface area contributed by atoms with Gasteiger partial charge in [-0.05, 0) is 24.5 Å². The molecule has 1 unspecified atom stereocenters. The number of rotatable bonds is 5. The van der Waals surface area contributed by atoms with E-state index in [9.17, 15) is 8.42 Å². The first-order valence-electron chi connectivity index (χ1n) is 5.79. The molecule has 1 N–H and O–H groups in total. The van der Waals surface area contributed by atoms with Gasteiger partial charge in [-0.1, -0.05) is 20.8 Å². The predicted octanol–water partition coefficient (Wildman–Crippen LogP) is 1.67. The Kier molecular flexibility index (Phi) is 4.82. The number of nitriles is 1. The number of nitrogens with zero attached hydrogens (tertiary/aromatic N) is 2. The molecule has 0 saturated heterocycles. The molecular formula is C12H17N3O2S. The number of pyridine rings is 1. The fourth-order valence-corrected chi connectivity index (χ4v) is 2.98. The van der Waals surface area contributed by atoms with Crippen LogP contribution in [0.5, 0.6) is 0 Å². The first kappa shape index (κ1) is 14.6. The van der Waals surface area contributed by atoms with E-state index in [0.717, 1.165) is 6.42 Å². The average molecular weight is 267 g/mol. The normalized spacial score (nSPS) is 13.3. The van der Waals surface area contributed by atoms with Crippen LogP contribution in [0.3, 0.4) is 0 Å². The Hall–Kier alpha value is -1.45. The molecule has 0 aromatic carbocycles. The van der Waals surface area contributed by atoms with Gasteiger partial charge in [0.05, 0.1) is 0 Å². The topological polar surface area (TPSA) is 82.9 Å². The van der Waals surface area contributed by atoms with Crippen molar-refractivity contribution in [2.45, 2.75) is 38.1 Å². The molecule has 18 heavy (non-hydrogen) atoms. The molecule has 0 spiro atoms. The van der Waals surface area contributed by atoms with Gasteiger partial charge < -0.3 is 0 Å². The van der Waals surface area contributed by atoms with Crippen LogP contribution in [-0.2, 0) is 10.0 Å². The molecule has 98 valence electrons. The van der Waals surface area contributed by atoms with Gasteiger partial charge in [-0.25, -0.2) is 18.1 Å². The maximum absolute atomic E-state index is 12.1. The third-order valence-electron chi connectivity index (χ3n) is 2.71. The number of hydrogen-bond donors (Lipinski definition) is 1. The lowest BCUT2D eigenvalue weighted by Crippen LogP contribution is -2.38. The molecule has 1 atom stereocenters. The minimum Gasteiger partial charge on any atom is -0.244 e. The van der Waals surface area contributed by atoms with Gasteiger partial charge in [0.2, 0.25) is 10.0 Å². The third kappa shape index (κ3) is 3.52. The second-order valence-corrected chi connectivity index (χ2v) is 6.08. The molecule has 1 aromatic heterocycles. The smallest absolute Gasteiger partial charge is 0.242 e. The van der Waals surface area contributed by atoms with E-state index in [-0.39, 0.29) is 22.5 Å². The Balaban J connectivity index is 2.96. The zero-order valence-electron chi connectivity index (χ0n) is 10.7. The van der Waals surface area contributed by atoms with Crippen molar-refractivity contribution >= 4 is 10.0 Å². The Morgan fingerprint density at radius 1 is 1.44 bits per heavy atom. The second-order valence-electron chi connectivity index (χ2n) is 4.37. The minimum absolute atomic E-state index is 0.0839. The first-order chi connectivity index (χ1) is 8.40. The van der Waals surface area contributed by atoms with Gasteiger partial charge >= 0.3 is 0 Å². The lowest BCUT2D eigenvalue weighted by Gasteiger charge is -2.20. The highest BCUT2D eigenvalue weighted by atomic mass is 32.2. The number of sulfonamides is 1. The van der Waals surface area contributed by atoms with E-state index in [2.05, 4.69) is 9.71 Å². The Labute approximate surface area is 108 Å². The largest absolute Gasteiger partial charge is 0.244 e. The van der Waals surface area contributed by atoms with E-state index in [1.165, 1.54) is 18.3 Å². The van der Waals surface area contributed by atoms with Gasteiger partial charge in [-0.15, -0.1) is 0 Å². The maximum Gasteiger partial charge on any atom is 0.242 e. The molecule has 0 aliphatic rings. The molecule has 0 bridgehead atoms. The number of aromatic nitrogens is 1. The third-order valence-corrected chi connectivity index (χ3v) is 4.19. The molecule has 0 saturated carbocycles. The summed E-state index contributed by atoms with van der Waals surface area (Å²) in [5.74, 6) is 0.219. The highest BCUT2D eigenvalue weighted by Crippen LogP contribution is 2.12. The highest BCUT2D eigenvalue weighted by Gasteiger charge is 2.21. The zero-order valence-corrected chi connectivity index (χ0v) is 11.5. The van der Waals surface area contributed by atoms with Gasteiger partial charge in [0.15, 0.2) is 0 Å². The van der Waals surface area contributed by atoms with Gasteiger partial charge in [-0.2, -0.15) is 5.26 Å². The van der Waals surface area contributed by atoms with Crippen molar-refractivity contribution in [2.24, 2.45) is 5.92 Å². The average Bonchev–Trinajstić information content (AvgIpc) is 2.35. The zero-order chi connectivity index (χ0) is 13.8. The summed E-state index contributed by atoms with van der Waals surface area (Å²) in [5, 5.41) is 8.61. The van der Waals surface area contributed by atoms with Crippen LogP contribution in [0.15, 0.2) is 23.2 Å². The fourth-order valence-electron chi connectivity index (χ4n) is 1.56. The van der Waals surface area contributed by atoms with Crippen LogP contribution >= 0.6 is 0 Å². The van der Waals surface area contributed by atoms with Crippen molar-refractivity contribution in [3.8, 4) is 6.07 Å². The van der Waals surface area contributed by atoms with Gasteiger partial charge in [-0.3, -0.25) is 0 Å². The Morgan fingerprint density at radius 3 is 2.50 bits per heavy atom. The monoisotopic (exact) mass is 267 g/mol. The summed E-state index contributed by atoms with van der Waals surface area (Å²) in [6.45, 7) is 5.87. The quantitative estimate of drug-likeness (QED) is 0.879. The molecule has 0 fully saturated rings. The van der Waals surface area contributed by atoms with Crippen molar-refractivity contribution in [1.29, 1.82) is 5.26 Å². The van der Waals surface area contributed by atoms with Crippen LogP contribution in [0.2, 0.25) is 0 Å². The molecule has 1 heterocycles. The van der Waals surface area contributed by atoms with Crippen molar-refractivity contribution in [3.05, 3.63) is 24.0 Å². The molecule has 1 rings (SSSR count). The minimum atomic E-state index is -3.56. The van der Waals surface area contributed by atoms with E-state index in [1.807, 2.05) is 26.8 Å². The number of hydrogen-bond acceptors (Lipinski definition) is 4. The standard InChI is InChI=1S/C12H17N3O2S/c1-4-12(9(2)3)15-18(16,17)11-6-5-10(7-13)14-8-11/h5-6,8-9,12,15H,4H2,1-3H3. The molecule has 0 radical (unpaired) electrons. The number of nitrogens with one attached hydrogen (secondary N) is 1. The summed E-state index contributed by atoms with van der Waals surface area (Å²) < 4.78 is 26.8. The highest BCUT2D eigenvalue weighted by molar-refractivity contribution is 7.89. The van der Waals surface area contributed by atoms with Crippen LogP contribution in [0.25, 0.3) is 0 Å². The molecule has 0 aliphatic carbocycles. The van der Waals surface area contributed by atoms with E-state index in [0.29, 0.717) is 0 Å². The molecule has 5 nitrogen and oxygen atoms in total. The van der Waals surface area contributed by atoms with Crippen LogP contribution in [0.1, 0.15) is 32.9 Å². The lowest BCUT2D eigenvalue weighted by atomic mass is 10.0. The van der Waals surface area contributed by atoms with Gasteiger partial charge in [0, 0.05) is 12.2 Å². The Morgan fingerprint density at radius 2 is 2.11 bits per heavy atom. The summed E-state index contributed by atoms with van der Waals surface area (Å²) in [4.78, 5) is 3.85. The van der Waals surface area contributed by atoms with Crippen molar-refractivity contribution in [1.82, 2.24) is 9.71 Å². The summed E-state index contributed by atoms with van der Waals surface area (Å²) in [5.41, 5.74) is 0.199. The van der Waals surface area contributed by atoms with Crippen molar-refractivity contribution in [2.75, 3.05) is 0 Å². The maximum atomic E-state index is 12.1. The van der Waals surface area contributed by atoms with E-state index in [4.69, 9.17) is 5.26 Å². The summed E-state index contributed by atoms with van der Waals surface area (Å²) in [7, 11) is -3.56. The van der Waals surface area contributed by atoms with E-state index in [1.54, 1.807) is 0 Å². The van der Waals surface area contributed by atoms with Crippen LogP contribution in [-0.4, -0.2) is 19.4 Å². The van der Waals surface area contributed by atoms with E-state index >= 15 is 0 Å². The second kappa shape index (κ2) is 5.94. The van der Waals surface area contributed by atoms with Crippen molar-refractivity contribution < 1.29 is 8.42 Å². The summed E-state index contributed by atoms with van der Waals surface area (Å²) in [6, 6.07) is 4.53. The lowest BCUT2D eigenvalue weighted by molar-refractivity contribution is 0.437. The molecule has 1 aromatic rings. The van der Waals surface area contributed by atoms with Crippen LogP contribution in [0.4, 0.5) is 0 Å². The Bertz CT molecular complexity index is 529. The van der Waals surface area contributed by atoms with Gasteiger partial charge in [0.1, 0.15) is 16.7 Å². The van der Waals surface area contributed by atoms with Gasteiger partial charge in [0.25, 0.3) is 0 Å². The molecule has 0 amide bonds. The molecule has 0 aliphatic heterocycles. The van der Waals surface area contributed by atoms with Crippen molar-refractivity contribution in [3.63, 3.8) is 0 Å². The SMILES string of the molecule is CCC(NS(=O)(=O)c1ccc(C#N)nc1)C(C)C. The molecular weight excluding hydrogens is 250 g/mol. The first-order valence-corrected chi connectivity index (χ1v) is 7.27. The van der Waals surface area contributed by atoms with Crippen LogP contribution < -0.4 is 4.72 Å². The predicted molar refractivity (Wildman–Crippen MR) is 68.2 cm³/mol. The van der Waals surface area contributed by atoms with E-state index < -0.39 is 10.0 Å². The fraction of sp³-hybridized carbons (Fsp3) is 0.500. The summed E-state index contributed by atoms with van der Waals surface area (Å²) >= 11 is 0. The van der Waals surface area contributed by atoms with Crippen LogP contribution in [0, 0.1) is 17.2 Å².